The quantitative estimate of drug-likeness (QED) is 0.766. The predicted octanol–water partition coefficient (Wildman–Crippen LogP) is 3.87. The maximum Gasteiger partial charge on any atom is 0.127 e. The summed E-state index contributed by atoms with van der Waals surface area (Å²) in [5.74, 6) is 1.27. The van der Waals surface area contributed by atoms with Crippen molar-refractivity contribution in [2.45, 2.75) is 64.0 Å². The molecule has 0 aromatic rings. The van der Waals surface area contributed by atoms with E-state index in [-0.39, 0.29) is 49.0 Å². The number of nitrogens with one attached hydrogen (secondary N) is 1. The minimum atomic E-state index is 0. The van der Waals surface area contributed by atoms with Crippen molar-refractivity contribution in [3.05, 3.63) is 35.5 Å². The number of fused-ring (bicyclic) bond motifs is 1. The third kappa shape index (κ3) is 3.46. The van der Waals surface area contributed by atoms with Gasteiger partial charge >= 0.3 is 0 Å². The molecular weight excluding hydrogens is 359 g/mol. The molecule has 3 atom stereocenters. The van der Waals surface area contributed by atoms with Crippen LogP contribution in [0.5, 0.6) is 0 Å². The molecule has 6 heteroatoms. The molecule has 0 bridgehead atoms. The molecule has 1 aliphatic carbocycles. The van der Waals surface area contributed by atoms with Crippen LogP contribution in [0.1, 0.15) is 51.9 Å². The van der Waals surface area contributed by atoms with Gasteiger partial charge in [0.15, 0.2) is 0 Å². The van der Waals surface area contributed by atoms with E-state index in [1.807, 2.05) is 0 Å². The van der Waals surface area contributed by atoms with E-state index in [9.17, 15) is 0 Å². The van der Waals surface area contributed by atoms with Crippen LogP contribution in [0, 0.1) is 5.41 Å². The zero-order valence-electron chi connectivity index (χ0n) is 14.9. The van der Waals surface area contributed by atoms with Crippen molar-refractivity contribution in [1.29, 1.82) is 0 Å². The van der Waals surface area contributed by atoms with Crippen molar-refractivity contribution in [1.82, 2.24) is 10.2 Å². The molecule has 0 aromatic carbocycles. The molecule has 25 heavy (non-hydrogen) atoms. The lowest BCUT2D eigenvalue weighted by molar-refractivity contribution is 0.115. The van der Waals surface area contributed by atoms with Gasteiger partial charge in [0.25, 0.3) is 0 Å². The molecule has 3 aliphatic heterocycles. The first-order valence-electron chi connectivity index (χ1n) is 9.15. The standard InChI is InChI=1S/C19H28N2O2.2ClH/c1-14(20-9-11-22)17-12-19-8-4-2-6-15(19)13-21-10-5-3-7-16(21)18(19)23-17;;/h5,10,13-14,17,20,22H,2-4,6-9,11-12H2,1H3;2*1H. The lowest BCUT2D eigenvalue weighted by Crippen LogP contribution is -2.39. The number of ether oxygens (including phenoxy) is 1. The van der Waals surface area contributed by atoms with E-state index in [0.717, 1.165) is 19.3 Å². The first kappa shape index (κ1) is 20.6. The maximum absolute atomic E-state index is 9.07. The summed E-state index contributed by atoms with van der Waals surface area (Å²) in [5.41, 5.74) is 3.12. The Balaban J connectivity index is 0.00000113. The smallest absolute Gasteiger partial charge is 0.127 e. The fourth-order valence-corrected chi connectivity index (χ4v) is 4.76. The van der Waals surface area contributed by atoms with Crippen LogP contribution in [0.25, 0.3) is 0 Å². The normalized spacial score (nSPS) is 30.9. The zero-order chi connectivity index (χ0) is 15.9. The van der Waals surface area contributed by atoms with Crippen molar-refractivity contribution < 1.29 is 9.84 Å². The van der Waals surface area contributed by atoms with Gasteiger partial charge in [-0.15, -0.1) is 24.8 Å². The molecule has 2 N–H and O–H groups in total. The Hall–Kier alpha value is -0.680. The van der Waals surface area contributed by atoms with Crippen molar-refractivity contribution in [2.24, 2.45) is 5.41 Å². The van der Waals surface area contributed by atoms with Crippen LogP contribution < -0.4 is 5.32 Å². The summed E-state index contributed by atoms with van der Waals surface area (Å²) >= 11 is 0. The summed E-state index contributed by atoms with van der Waals surface area (Å²) in [6, 6.07) is 0.269. The largest absolute Gasteiger partial charge is 0.490 e. The molecular formula is C19H30Cl2N2O2. The van der Waals surface area contributed by atoms with Gasteiger partial charge in [-0.3, -0.25) is 0 Å². The molecule has 4 aliphatic rings. The van der Waals surface area contributed by atoms with E-state index >= 15 is 0 Å². The topological polar surface area (TPSA) is 44.7 Å². The van der Waals surface area contributed by atoms with Gasteiger partial charge in [-0.25, -0.2) is 0 Å². The van der Waals surface area contributed by atoms with Crippen molar-refractivity contribution in [3.63, 3.8) is 0 Å². The number of aliphatic hydroxyl groups is 1. The van der Waals surface area contributed by atoms with Gasteiger partial charge in [-0.05, 0) is 44.6 Å². The SMILES string of the molecule is CC(NCCO)C1CC23CCCCC2=CN2C=CCCC2=C3O1.Cl.Cl. The first-order valence-corrected chi connectivity index (χ1v) is 9.15. The molecule has 2 fully saturated rings. The molecule has 0 amide bonds. The van der Waals surface area contributed by atoms with Crippen molar-refractivity contribution in [3.8, 4) is 0 Å². The number of allylic oxidation sites excluding steroid dienone is 3. The summed E-state index contributed by atoms with van der Waals surface area (Å²) in [5, 5.41) is 12.5. The van der Waals surface area contributed by atoms with Gasteiger partial charge in [0, 0.05) is 31.4 Å². The first-order chi connectivity index (χ1) is 11.2. The lowest BCUT2D eigenvalue weighted by atomic mass is 9.65. The summed E-state index contributed by atoms with van der Waals surface area (Å²) in [6.07, 6.45) is 15.4. The van der Waals surface area contributed by atoms with E-state index in [0.29, 0.717) is 6.54 Å². The highest BCUT2D eigenvalue weighted by Crippen LogP contribution is 2.59. The number of rotatable bonds is 4. The minimum Gasteiger partial charge on any atom is -0.490 e. The van der Waals surface area contributed by atoms with Gasteiger partial charge in [0.05, 0.1) is 17.7 Å². The Morgan fingerprint density at radius 2 is 2.20 bits per heavy atom. The van der Waals surface area contributed by atoms with Crippen LogP contribution >= 0.6 is 24.8 Å². The van der Waals surface area contributed by atoms with Crippen LogP contribution in [0.3, 0.4) is 0 Å². The summed E-state index contributed by atoms with van der Waals surface area (Å²) in [6.45, 7) is 3.00. The highest BCUT2D eigenvalue weighted by Gasteiger charge is 2.53. The third-order valence-corrected chi connectivity index (χ3v) is 5.99. The lowest BCUT2D eigenvalue weighted by Gasteiger charge is -2.43. The van der Waals surface area contributed by atoms with Crippen LogP contribution in [0.15, 0.2) is 35.5 Å². The summed E-state index contributed by atoms with van der Waals surface area (Å²) in [4.78, 5) is 2.31. The van der Waals surface area contributed by atoms with E-state index < -0.39 is 0 Å². The predicted molar refractivity (Wildman–Crippen MR) is 105 cm³/mol. The molecule has 0 radical (unpaired) electrons. The number of hydrogen-bond acceptors (Lipinski definition) is 4. The van der Waals surface area contributed by atoms with E-state index in [1.165, 1.54) is 37.1 Å². The van der Waals surface area contributed by atoms with Gasteiger partial charge < -0.3 is 20.1 Å². The van der Waals surface area contributed by atoms with Crippen molar-refractivity contribution in [2.75, 3.05) is 13.2 Å². The van der Waals surface area contributed by atoms with Crippen LogP contribution in [-0.2, 0) is 4.74 Å². The summed E-state index contributed by atoms with van der Waals surface area (Å²) < 4.78 is 6.57. The van der Waals surface area contributed by atoms with Gasteiger partial charge in [0.2, 0.25) is 0 Å². The number of nitrogens with zero attached hydrogens (tertiary/aromatic N) is 1. The number of aliphatic hydroxyl groups excluding tert-OH is 1. The Morgan fingerprint density at radius 3 is 3.00 bits per heavy atom. The molecule has 4 rings (SSSR count). The average molecular weight is 389 g/mol. The number of halogens is 2. The van der Waals surface area contributed by atoms with Gasteiger partial charge in [0.1, 0.15) is 11.9 Å². The van der Waals surface area contributed by atoms with Crippen LogP contribution in [0.4, 0.5) is 0 Å². The molecule has 0 aromatic heterocycles. The molecule has 3 heterocycles. The minimum absolute atomic E-state index is 0. The van der Waals surface area contributed by atoms with Crippen LogP contribution in [-0.4, -0.2) is 35.3 Å². The van der Waals surface area contributed by atoms with Gasteiger partial charge in [-0.2, -0.15) is 0 Å². The second-order valence-corrected chi connectivity index (χ2v) is 7.38. The Morgan fingerprint density at radius 1 is 1.36 bits per heavy atom. The van der Waals surface area contributed by atoms with Crippen molar-refractivity contribution >= 4 is 24.8 Å². The average Bonchev–Trinajstić information content (AvgIpc) is 2.97. The number of hydrogen-bond donors (Lipinski definition) is 2. The zero-order valence-corrected chi connectivity index (χ0v) is 16.5. The van der Waals surface area contributed by atoms with Gasteiger partial charge in [-0.1, -0.05) is 12.5 Å². The fourth-order valence-electron chi connectivity index (χ4n) is 4.76. The molecule has 1 saturated heterocycles. The highest BCUT2D eigenvalue weighted by molar-refractivity contribution is 5.85. The molecule has 1 spiro atoms. The van der Waals surface area contributed by atoms with E-state index in [4.69, 9.17) is 9.84 Å². The molecule has 3 unspecified atom stereocenters. The van der Waals surface area contributed by atoms with E-state index in [2.05, 4.69) is 35.6 Å². The highest BCUT2D eigenvalue weighted by atomic mass is 35.5. The Labute approximate surface area is 163 Å². The third-order valence-electron chi connectivity index (χ3n) is 5.99. The second kappa shape index (κ2) is 8.34. The maximum atomic E-state index is 9.07. The van der Waals surface area contributed by atoms with E-state index in [1.54, 1.807) is 5.57 Å². The monoisotopic (exact) mass is 388 g/mol. The Bertz CT molecular complexity index is 576. The molecule has 142 valence electrons. The summed E-state index contributed by atoms with van der Waals surface area (Å²) in [7, 11) is 0. The Kier molecular flexibility index (Phi) is 6.88. The van der Waals surface area contributed by atoms with Crippen LogP contribution in [0.2, 0.25) is 0 Å². The second-order valence-electron chi connectivity index (χ2n) is 7.38. The molecule has 1 saturated carbocycles. The molecule has 4 nitrogen and oxygen atoms in total. The fraction of sp³-hybridized carbons (Fsp3) is 0.684.